The Morgan fingerprint density at radius 3 is 2.21 bits per heavy atom. The molecule has 6 heteroatoms. The SMILES string of the molecule is O=C(CCl)OC(c1cc2ccccc2c2ccccc12)C(F)(F)F. The van der Waals surface area contributed by atoms with Crippen molar-refractivity contribution >= 4 is 39.1 Å². The number of benzene rings is 3. The van der Waals surface area contributed by atoms with Crippen molar-refractivity contribution in [1.29, 1.82) is 0 Å². The molecule has 0 aromatic heterocycles. The van der Waals surface area contributed by atoms with Gasteiger partial charge in [0, 0.05) is 5.56 Å². The average Bonchev–Trinajstić information content (AvgIpc) is 2.58. The minimum atomic E-state index is -4.74. The van der Waals surface area contributed by atoms with Crippen LogP contribution in [-0.4, -0.2) is 18.0 Å². The van der Waals surface area contributed by atoms with E-state index in [1.165, 1.54) is 6.07 Å². The summed E-state index contributed by atoms with van der Waals surface area (Å²) in [5, 5.41) is 2.53. The van der Waals surface area contributed by atoms with Gasteiger partial charge in [0.2, 0.25) is 6.10 Å². The van der Waals surface area contributed by atoms with Crippen LogP contribution in [0.5, 0.6) is 0 Å². The smallest absolute Gasteiger partial charge is 0.429 e. The molecular weight excluding hydrogens is 341 g/mol. The zero-order valence-electron chi connectivity index (χ0n) is 12.3. The third-order valence-corrected chi connectivity index (χ3v) is 3.96. The molecule has 1 unspecified atom stereocenters. The maximum absolute atomic E-state index is 13.5. The van der Waals surface area contributed by atoms with Crippen LogP contribution in [0.15, 0.2) is 54.6 Å². The summed E-state index contributed by atoms with van der Waals surface area (Å²) < 4.78 is 45.1. The van der Waals surface area contributed by atoms with Crippen LogP contribution in [0, 0.1) is 0 Å². The van der Waals surface area contributed by atoms with E-state index in [0.29, 0.717) is 16.2 Å². The van der Waals surface area contributed by atoms with E-state index in [1.807, 2.05) is 12.1 Å². The topological polar surface area (TPSA) is 26.3 Å². The van der Waals surface area contributed by atoms with Gasteiger partial charge in [-0.15, -0.1) is 11.6 Å². The van der Waals surface area contributed by atoms with Crippen LogP contribution in [0.1, 0.15) is 11.7 Å². The number of rotatable bonds is 3. The summed E-state index contributed by atoms with van der Waals surface area (Å²) >= 11 is 5.31. The van der Waals surface area contributed by atoms with E-state index < -0.39 is 24.1 Å². The van der Waals surface area contributed by atoms with Crippen LogP contribution in [0.3, 0.4) is 0 Å². The fourth-order valence-electron chi connectivity index (χ4n) is 2.77. The first-order chi connectivity index (χ1) is 11.4. The Kier molecular flexibility index (Phi) is 4.37. The predicted octanol–water partition coefficient (Wildman–Crippen LogP) is 5.38. The van der Waals surface area contributed by atoms with Gasteiger partial charge >= 0.3 is 12.1 Å². The number of hydrogen-bond donors (Lipinski definition) is 0. The van der Waals surface area contributed by atoms with E-state index >= 15 is 0 Å². The molecule has 0 aliphatic rings. The molecule has 24 heavy (non-hydrogen) atoms. The largest absolute Gasteiger partial charge is 0.447 e. The monoisotopic (exact) mass is 352 g/mol. The average molecular weight is 353 g/mol. The Bertz CT molecular complexity index is 906. The molecule has 0 aliphatic carbocycles. The van der Waals surface area contributed by atoms with Crippen LogP contribution in [-0.2, 0) is 9.53 Å². The predicted molar refractivity (Wildman–Crippen MR) is 87.1 cm³/mol. The van der Waals surface area contributed by atoms with E-state index in [4.69, 9.17) is 11.6 Å². The number of carbonyl (C=O) groups excluding carboxylic acids is 1. The van der Waals surface area contributed by atoms with Crippen molar-refractivity contribution in [2.24, 2.45) is 0 Å². The minimum Gasteiger partial charge on any atom is -0.447 e. The first-order valence-electron chi connectivity index (χ1n) is 7.14. The van der Waals surface area contributed by atoms with Gasteiger partial charge in [0.25, 0.3) is 0 Å². The molecule has 124 valence electrons. The summed E-state index contributed by atoms with van der Waals surface area (Å²) in [5.41, 5.74) is -0.102. The van der Waals surface area contributed by atoms with Gasteiger partial charge in [0.05, 0.1) is 0 Å². The molecule has 0 radical (unpaired) electrons. The zero-order valence-corrected chi connectivity index (χ0v) is 13.1. The first kappa shape index (κ1) is 16.6. The molecule has 3 rings (SSSR count). The molecule has 0 saturated carbocycles. The van der Waals surface area contributed by atoms with Gasteiger partial charge < -0.3 is 4.74 Å². The highest BCUT2D eigenvalue weighted by Gasteiger charge is 2.44. The molecule has 0 saturated heterocycles. The number of carbonyl (C=O) groups is 1. The van der Waals surface area contributed by atoms with Crippen LogP contribution in [0.2, 0.25) is 0 Å². The Morgan fingerprint density at radius 1 is 1.00 bits per heavy atom. The molecule has 1 atom stereocenters. The minimum absolute atomic E-state index is 0.102. The van der Waals surface area contributed by atoms with Crippen LogP contribution < -0.4 is 0 Å². The standard InChI is InChI=1S/C18H12ClF3O2/c19-10-16(23)24-17(18(20,21)22)15-9-11-5-1-2-6-12(11)13-7-3-4-8-14(13)15/h1-9,17H,10H2. The van der Waals surface area contributed by atoms with E-state index in [-0.39, 0.29) is 5.56 Å². The van der Waals surface area contributed by atoms with E-state index in [0.717, 1.165) is 5.39 Å². The van der Waals surface area contributed by atoms with Gasteiger partial charge in [-0.3, -0.25) is 4.79 Å². The van der Waals surface area contributed by atoms with E-state index in [1.54, 1.807) is 36.4 Å². The van der Waals surface area contributed by atoms with Crippen molar-refractivity contribution in [3.8, 4) is 0 Å². The second kappa shape index (κ2) is 6.32. The molecule has 0 aliphatic heterocycles. The molecule has 0 spiro atoms. The van der Waals surface area contributed by atoms with Crippen molar-refractivity contribution in [3.63, 3.8) is 0 Å². The summed E-state index contributed by atoms with van der Waals surface area (Å²) in [6, 6.07) is 15.3. The molecule has 0 fully saturated rings. The van der Waals surface area contributed by atoms with Gasteiger partial charge in [0.15, 0.2) is 0 Å². The van der Waals surface area contributed by atoms with Crippen molar-refractivity contribution in [3.05, 3.63) is 60.2 Å². The highest BCUT2D eigenvalue weighted by atomic mass is 35.5. The van der Waals surface area contributed by atoms with Crippen LogP contribution in [0.4, 0.5) is 13.2 Å². The van der Waals surface area contributed by atoms with Crippen LogP contribution >= 0.6 is 11.6 Å². The van der Waals surface area contributed by atoms with Gasteiger partial charge in [0.1, 0.15) is 5.88 Å². The van der Waals surface area contributed by atoms with Crippen molar-refractivity contribution in [2.75, 3.05) is 5.88 Å². The molecule has 0 N–H and O–H groups in total. The van der Waals surface area contributed by atoms with Crippen molar-refractivity contribution in [2.45, 2.75) is 12.3 Å². The molecule has 0 bridgehead atoms. The lowest BCUT2D eigenvalue weighted by Crippen LogP contribution is -2.27. The first-order valence-corrected chi connectivity index (χ1v) is 7.68. The Balaban J connectivity index is 2.30. The van der Waals surface area contributed by atoms with Gasteiger partial charge in [-0.1, -0.05) is 48.5 Å². The lowest BCUT2D eigenvalue weighted by molar-refractivity contribution is -0.222. The Morgan fingerprint density at radius 2 is 1.58 bits per heavy atom. The normalized spacial score (nSPS) is 13.2. The maximum Gasteiger partial charge on any atom is 0.429 e. The highest BCUT2D eigenvalue weighted by molar-refractivity contribution is 6.26. The summed E-state index contributed by atoms with van der Waals surface area (Å²) in [4.78, 5) is 11.4. The number of fused-ring (bicyclic) bond motifs is 3. The van der Waals surface area contributed by atoms with E-state index in [2.05, 4.69) is 4.74 Å². The molecule has 3 aromatic carbocycles. The Hall–Kier alpha value is -2.27. The molecule has 2 nitrogen and oxygen atoms in total. The molecular formula is C18H12ClF3O2. The summed E-state index contributed by atoms with van der Waals surface area (Å²) in [7, 11) is 0. The quantitative estimate of drug-likeness (QED) is 0.359. The lowest BCUT2D eigenvalue weighted by Gasteiger charge is -2.23. The second-order valence-electron chi connectivity index (χ2n) is 5.28. The molecule has 3 aromatic rings. The number of esters is 1. The number of alkyl halides is 4. The van der Waals surface area contributed by atoms with Crippen molar-refractivity contribution in [1.82, 2.24) is 0 Å². The molecule has 0 amide bonds. The third-order valence-electron chi connectivity index (χ3n) is 3.74. The second-order valence-corrected chi connectivity index (χ2v) is 5.54. The number of ether oxygens (including phenoxy) is 1. The highest BCUT2D eigenvalue weighted by Crippen LogP contribution is 2.41. The zero-order chi connectivity index (χ0) is 17.3. The van der Waals surface area contributed by atoms with E-state index in [9.17, 15) is 18.0 Å². The van der Waals surface area contributed by atoms with Crippen molar-refractivity contribution < 1.29 is 22.7 Å². The van der Waals surface area contributed by atoms with Gasteiger partial charge in [-0.05, 0) is 27.6 Å². The Labute approximate surface area is 140 Å². The summed E-state index contributed by atoms with van der Waals surface area (Å²) in [6.45, 7) is 0. The number of halogens is 4. The molecule has 0 heterocycles. The fraction of sp³-hybridized carbons (Fsp3) is 0.167. The summed E-state index contributed by atoms with van der Waals surface area (Å²) in [5.74, 6) is -1.76. The van der Waals surface area contributed by atoms with Gasteiger partial charge in [-0.25, -0.2) is 0 Å². The lowest BCUT2D eigenvalue weighted by atomic mass is 9.94. The van der Waals surface area contributed by atoms with Gasteiger partial charge in [-0.2, -0.15) is 13.2 Å². The third kappa shape index (κ3) is 3.04. The number of hydrogen-bond acceptors (Lipinski definition) is 2. The summed E-state index contributed by atoms with van der Waals surface area (Å²) in [6.07, 6.45) is -7.11. The fourth-order valence-corrected chi connectivity index (χ4v) is 2.83. The maximum atomic E-state index is 13.5. The van der Waals surface area contributed by atoms with Crippen LogP contribution in [0.25, 0.3) is 21.5 Å².